The van der Waals surface area contributed by atoms with E-state index in [1.54, 1.807) is 0 Å². The molecule has 0 radical (unpaired) electrons. The first kappa shape index (κ1) is 15.9. The number of nitrogens with zero attached hydrogens (tertiary/aromatic N) is 1. The molecule has 0 aromatic heterocycles. The summed E-state index contributed by atoms with van der Waals surface area (Å²) >= 11 is 0. The fraction of sp³-hybridized carbons (Fsp3) is 0.833. The van der Waals surface area contributed by atoms with Gasteiger partial charge in [-0.1, -0.05) is 0 Å². The topological polar surface area (TPSA) is 91.8 Å². The third-order valence-corrected chi connectivity index (χ3v) is 5.74. The van der Waals surface area contributed by atoms with Crippen molar-refractivity contribution in [1.82, 2.24) is 4.90 Å². The summed E-state index contributed by atoms with van der Waals surface area (Å²) in [5.41, 5.74) is 0. The van der Waals surface area contributed by atoms with Crippen LogP contribution in [0.2, 0.25) is 0 Å². The molecule has 19 heavy (non-hydrogen) atoms. The van der Waals surface area contributed by atoms with Gasteiger partial charge in [-0.05, 0) is 40.5 Å². The molecule has 1 N–H and O–H groups in total. The highest BCUT2D eigenvalue weighted by molar-refractivity contribution is 7.93. The van der Waals surface area contributed by atoms with Crippen molar-refractivity contribution in [3.05, 3.63) is 0 Å². The fourth-order valence-corrected chi connectivity index (χ4v) is 2.57. The van der Waals surface area contributed by atoms with Gasteiger partial charge in [-0.15, -0.1) is 0 Å². The summed E-state index contributed by atoms with van der Waals surface area (Å²) in [5.74, 6) is -2.37. The smallest absolute Gasteiger partial charge is 0.326 e. The third-order valence-electron chi connectivity index (χ3n) is 3.25. The quantitative estimate of drug-likeness (QED) is 0.803. The Bertz CT molecular complexity index is 473. The molecule has 6 nitrogen and oxygen atoms in total. The van der Waals surface area contributed by atoms with E-state index in [9.17, 15) is 18.0 Å². The number of amides is 1. The van der Waals surface area contributed by atoms with Crippen LogP contribution in [0, 0.1) is 0 Å². The van der Waals surface area contributed by atoms with Gasteiger partial charge >= 0.3 is 5.97 Å². The monoisotopic (exact) mass is 291 g/mol. The molecular weight excluding hydrogens is 270 g/mol. The first-order valence-electron chi connectivity index (χ1n) is 6.23. The molecule has 1 atom stereocenters. The Kier molecular flexibility index (Phi) is 4.29. The summed E-state index contributed by atoms with van der Waals surface area (Å²) in [6, 6.07) is -1.12. The molecule has 7 heteroatoms. The lowest BCUT2D eigenvalue weighted by atomic mass is 10.2. The van der Waals surface area contributed by atoms with E-state index >= 15 is 0 Å². The van der Waals surface area contributed by atoms with Gasteiger partial charge in [0.25, 0.3) is 0 Å². The average Bonchev–Trinajstić information content (AvgIpc) is 2.99. The molecule has 0 spiro atoms. The van der Waals surface area contributed by atoms with E-state index in [0.29, 0.717) is 0 Å². The van der Waals surface area contributed by atoms with E-state index < -0.39 is 38.3 Å². The molecule has 1 aliphatic carbocycles. The number of hydrogen-bond acceptors (Lipinski definition) is 4. The Labute approximate surface area is 113 Å². The maximum Gasteiger partial charge on any atom is 0.326 e. The highest BCUT2D eigenvalue weighted by Crippen LogP contribution is 2.29. The summed E-state index contributed by atoms with van der Waals surface area (Å²) in [5, 5.41) is 8.99. The van der Waals surface area contributed by atoms with Crippen molar-refractivity contribution in [3.63, 3.8) is 0 Å². The van der Waals surface area contributed by atoms with Crippen LogP contribution >= 0.6 is 0 Å². The second-order valence-electron chi connectivity index (χ2n) is 5.92. The van der Waals surface area contributed by atoms with Crippen LogP contribution < -0.4 is 0 Å². The molecule has 1 aliphatic rings. The molecule has 0 aromatic carbocycles. The molecule has 0 heterocycles. The first-order valence-corrected chi connectivity index (χ1v) is 7.89. The standard InChI is InChI=1S/C12H21NO5S/c1-8(11(15)16)13(9-5-6-9)10(14)7-19(17,18)12(2,3)4/h8-9H,5-7H2,1-4H3,(H,15,16). The predicted octanol–water partition coefficient (Wildman–Crippen LogP) is 0.664. The van der Waals surface area contributed by atoms with Crippen molar-refractivity contribution in [2.45, 2.75) is 57.4 Å². The molecule has 0 saturated heterocycles. The summed E-state index contributed by atoms with van der Waals surface area (Å²) in [7, 11) is -3.59. The van der Waals surface area contributed by atoms with Crippen molar-refractivity contribution in [2.75, 3.05) is 5.75 Å². The number of rotatable bonds is 5. The number of carboxylic acid groups (broad SMARTS) is 1. The minimum atomic E-state index is -3.59. The Morgan fingerprint density at radius 3 is 2.11 bits per heavy atom. The lowest BCUT2D eigenvalue weighted by molar-refractivity contribution is -0.149. The van der Waals surface area contributed by atoms with Crippen LogP contribution in [0.5, 0.6) is 0 Å². The maximum atomic E-state index is 12.1. The van der Waals surface area contributed by atoms with Gasteiger partial charge < -0.3 is 10.0 Å². The zero-order chi connectivity index (χ0) is 15.0. The van der Waals surface area contributed by atoms with Gasteiger partial charge in [-0.2, -0.15) is 0 Å². The highest BCUT2D eigenvalue weighted by atomic mass is 32.2. The van der Waals surface area contributed by atoms with E-state index in [4.69, 9.17) is 5.11 Å². The van der Waals surface area contributed by atoms with Gasteiger partial charge in [-0.3, -0.25) is 4.79 Å². The van der Waals surface area contributed by atoms with Gasteiger partial charge in [0.15, 0.2) is 9.84 Å². The molecular formula is C12H21NO5S. The van der Waals surface area contributed by atoms with Crippen LogP contribution in [0.1, 0.15) is 40.5 Å². The van der Waals surface area contributed by atoms with Crippen LogP contribution in [-0.2, 0) is 19.4 Å². The van der Waals surface area contributed by atoms with Crippen molar-refractivity contribution >= 4 is 21.7 Å². The molecule has 0 bridgehead atoms. The average molecular weight is 291 g/mol. The SMILES string of the molecule is CC(C(=O)O)N(C(=O)CS(=O)(=O)C(C)(C)C)C1CC1. The number of carbonyl (C=O) groups is 2. The molecule has 0 aromatic rings. The van der Waals surface area contributed by atoms with E-state index in [0.717, 1.165) is 12.8 Å². The van der Waals surface area contributed by atoms with Gasteiger partial charge in [0.2, 0.25) is 5.91 Å². The van der Waals surface area contributed by atoms with Crippen LogP contribution in [0.25, 0.3) is 0 Å². The fourth-order valence-electron chi connectivity index (χ4n) is 1.66. The lowest BCUT2D eigenvalue weighted by Gasteiger charge is -2.28. The van der Waals surface area contributed by atoms with Gasteiger partial charge in [0.1, 0.15) is 11.8 Å². The van der Waals surface area contributed by atoms with E-state index in [1.807, 2.05) is 0 Å². The van der Waals surface area contributed by atoms with Gasteiger partial charge in [0, 0.05) is 6.04 Å². The molecule has 1 amide bonds. The highest BCUT2D eigenvalue weighted by Gasteiger charge is 2.41. The number of carbonyl (C=O) groups excluding carboxylic acids is 1. The molecule has 1 unspecified atom stereocenters. The molecule has 0 aliphatic heterocycles. The van der Waals surface area contributed by atoms with Crippen molar-refractivity contribution in [1.29, 1.82) is 0 Å². The van der Waals surface area contributed by atoms with Crippen LogP contribution in [0.3, 0.4) is 0 Å². The molecule has 1 rings (SSSR count). The summed E-state index contributed by atoms with van der Waals surface area (Å²) in [6.45, 7) is 5.98. The minimum Gasteiger partial charge on any atom is -0.480 e. The Hall–Kier alpha value is -1.11. The number of aliphatic carboxylic acids is 1. The van der Waals surface area contributed by atoms with Crippen LogP contribution in [0.4, 0.5) is 0 Å². The van der Waals surface area contributed by atoms with E-state index in [-0.39, 0.29) is 6.04 Å². The first-order chi connectivity index (χ1) is 8.47. The lowest BCUT2D eigenvalue weighted by Crippen LogP contribution is -2.48. The van der Waals surface area contributed by atoms with Crippen molar-refractivity contribution < 1.29 is 23.1 Å². The van der Waals surface area contributed by atoms with Crippen molar-refractivity contribution in [2.24, 2.45) is 0 Å². The third kappa shape index (κ3) is 3.68. The molecule has 1 fully saturated rings. The second-order valence-corrected chi connectivity index (χ2v) is 8.66. The van der Waals surface area contributed by atoms with E-state index in [2.05, 4.69) is 0 Å². The largest absolute Gasteiger partial charge is 0.480 e. The second kappa shape index (κ2) is 5.11. The zero-order valence-electron chi connectivity index (χ0n) is 11.7. The Morgan fingerprint density at radius 2 is 1.79 bits per heavy atom. The summed E-state index contributed by atoms with van der Waals surface area (Å²) < 4.78 is 23.0. The normalized spacial score (nSPS) is 17.9. The summed E-state index contributed by atoms with van der Waals surface area (Å²) in [6.07, 6.45) is 1.47. The predicted molar refractivity (Wildman–Crippen MR) is 70.5 cm³/mol. The van der Waals surface area contributed by atoms with E-state index in [1.165, 1.54) is 32.6 Å². The van der Waals surface area contributed by atoms with Gasteiger partial charge in [0.05, 0.1) is 4.75 Å². The Balaban J connectivity index is 2.88. The van der Waals surface area contributed by atoms with Gasteiger partial charge in [-0.25, -0.2) is 13.2 Å². The molecule has 110 valence electrons. The summed E-state index contributed by atoms with van der Waals surface area (Å²) in [4.78, 5) is 24.3. The van der Waals surface area contributed by atoms with Crippen LogP contribution in [-0.4, -0.2) is 52.9 Å². The van der Waals surface area contributed by atoms with Crippen LogP contribution in [0.15, 0.2) is 0 Å². The number of hydrogen-bond donors (Lipinski definition) is 1. The number of sulfone groups is 1. The molecule has 1 saturated carbocycles. The van der Waals surface area contributed by atoms with Crippen molar-refractivity contribution in [3.8, 4) is 0 Å². The maximum absolute atomic E-state index is 12.1. The zero-order valence-corrected chi connectivity index (χ0v) is 12.5. The Morgan fingerprint density at radius 1 is 1.32 bits per heavy atom. The number of carboxylic acids is 1. The minimum absolute atomic E-state index is 0.131.